The molecule has 0 aromatic heterocycles. The molecular weight excluding hydrogens is 574 g/mol. The monoisotopic (exact) mass is 603 g/mol. The SMILES string of the molecule is CCC(=S)NC(=N)c1cccc(N(CC(=O)Nc2ccc(-c3ccccc3S(N)(=O)=O)cc2)Cc2ccc(F)cc2)c1. The van der Waals surface area contributed by atoms with Gasteiger partial charge in [0.15, 0.2) is 0 Å². The highest BCUT2D eigenvalue weighted by Crippen LogP contribution is 2.28. The van der Waals surface area contributed by atoms with Gasteiger partial charge in [0.1, 0.15) is 11.7 Å². The summed E-state index contributed by atoms with van der Waals surface area (Å²) < 4.78 is 37.5. The predicted molar refractivity (Wildman–Crippen MR) is 169 cm³/mol. The number of nitrogens with zero attached hydrogens (tertiary/aromatic N) is 1. The van der Waals surface area contributed by atoms with Gasteiger partial charge < -0.3 is 15.5 Å². The van der Waals surface area contributed by atoms with Crippen molar-refractivity contribution in [2.45, 2.75) is 24.8 Å². The fourth-order valence-corrected chi connectivity index (χ4v) is 5.13. The van der Waals surface area contributed by atoms with Crippen LogP contribution in [0.1, 0.15) is 24.5 Å². The third-order valence-electron chi connectivity index (χ3n) is 6.38. The molecule has 4 aromatic carbocycles. The standard InChI is InChI=1S/C31H30FN5O3S2/c1-2-30(41)36-31(33)23-6-5-7-26(18-23)37(19-21-10-14-24(32)15-11-21)20-29(38)35-25-16-12-22(13-17-25)27-8-3-4-9-28(27)42(34,39)40/h3-18H,2,19-20H2,1H3,(H,35,38)(H2,33,36,41)(H2,34,39,40). The fraction of sp³-hybridized carbons (Fsp3) is 0.129. The number of halogens is 1. The van der Waals surface area contributed by atoms with Crippen molar-refractivity contribution in [3.8, 4) is 11.1 Å². The summed E-state index contributed by atoms with van der Waals surface area (Å²) in [4.78, 5) is 15.6. The molecule has 8 nitrogen and oxygen atoms in total. The van der Waals surface area contributed by atoms with E-state index in [1.807, 2.05) is 17.9 Å². The van der Waals surface area contributed by atoms with Gasteiger partial charge in [-0.2, -0.15) is 0 Å². The smallest absolute Gasteiger partial charge is 0.243 e. The van der Waals surface area contributed by atoms with E-state index >= 15 is 0 Å². The summed E-state index contributed by atoms with van der Waals surface area (Å²) in [7, 11) is -3.91. The molecule has 0 radical (unpaired) electrons. The van der Waals surface area contributed by atoms with Gasteiger partial charge >= 0.3 is 0 Å². The summed E-state index contributed by atoms with van der Waals surface area (Å²) in [5.74, 6) is -0.508. The number of hydrogen-bond donors (Lipinski definition) is 4. The molecule has 4 rings (SSSR count). The Hall–Kier alpha value is -4.45. The van der Waals surface area contributed by atoms with Crippen LogP contribution in [0.15, 0.2) is 102 Å². The maximum absolute atomic E-state index is 13.5. The number of primary sulfonamides is 1. The lowest BCUT2D eigenvalue weighted by Crippen LogP contribution is -2.33. The molecule has 42 heavy (non-hydrogen) atoms. The molecule has 0 aliphatic rings. The molecule has 0 spiro atoms. The molecule has 0 heterocycles. The molecule has 0 bridgehead atoms. The quantitative estimate of drug-likeness (QED) is 0.109. The van der Waals surface area contributed by atoms with Crippen LogP contribution in [-0.4, -0.2) is 31.7 Å². The van der Waals surface area contributed by atoms with Crippen LogP contribution in [0.5, 0.6) is 0 Å². The van der Waals surface area contributed by atoms with Crippen molar-refractivity contribution < 1.29 is 17.6 Å². The first kappa shape index (κ1) is 30.5. The Balaban J connectivity index is 1.54. The maximum atomic E-state index is 13.5. The van der Waals surface area contributed by atoms with Crippen LogP contribution in [0.2, 0.25) is 0 Å². The topological polar surface area (TPSA) is 128 Å². The lowest BCUT2D eigenvalue weighted by atomic mass is 10.1. The molecule has 0 saturated heterocycles. The van der Waals surface area contributed by atoms with Crippen LogP contribution in [0.4, 0.5) is 15.8 Å². The van der Waals surface area contributed by atoms with Crippen molar-refractivity contribution in [1.29, 1.82) is 5.41 Å². The van der Waals surface area contributed by atoms with Gasteiger partial charge in [-0.05, 0) is 60.0 Å². The number of sulfonamides is 1. The summed E-state index contributed by atoms with van der Waals surface area (Å²) in [6.45, 7) is 2.18. The second kappa shape index (κ2) is 13.5. The van der Waals surface area contributed by atoms with Crippen LogP contribution in [0.25, 0.3) is 11.1 Å². The van der Waals surface area contributed by atoms with Crippen molar-refractivity contribution in [2.24, 2.45) is 5.14 Å². The first-order chi connectivity index (χ1) is 20.0. The summed E-state index contributed by atoms with van der Waals surface area (Å²) >= 11 is 5.21. The highest BCUT2D eigenvalue weighted by atomic mass is 32.2. The third kappa shape index (κ3) is 8.06. The van der Waals surface area contributed by atoms with Crippen LogP contribution >= 0.6 is 12.2 Å². The molecule has 0 fully saturated rings. The first-order valence-corrected chi connectivity index (χ1v) is 15.0. The van der Waals surface area contributed by atoms with E-state index in [9.17, 15) is 17.6 Å². The third-order valence-corrected chi connectivity index (χ3v) is 7.74. The Morgan fingerprint density at radius 1 is 0.976 bits per heavy atom. The van der Waals surface area contributed by atoms with E-state index in [0.717, 1.165) is 5.56 Å². The average molecular weight is 604 g/mol. The number of thiocarbonyl (C=S) groups is 1. The lowest BCUT2D eigenvalue weighted by Gasteiger charge is -2.25. The molecule has 216 valence electrons. The predicted octanol–water partition coefficient (Wildman–Crippen LogP) is 5.44. The number of carbonyl (C=O) groups is 1. The Kier molecular flexibility index (Phi) is 9.79. The summed E-state index contributed by atoms with van der Waals surface area (Å²) in [6, 6.07) is 26.5. The van der Waals surface area contributed by atoms with Crippen LogP contribution in [-0.2, 0) is 21.4 Å². The number of rotatable bonds is 10. The fourth-order valence-electron chi connectivity index (χ4n) is 4.27. The van der Waals surface area contributed by atoms with Crippen molar-refractivity contribution in [3.05, 3.63) is 114 Å². The van der Waals surface area contributed by atoms with Crippen LogP contribution < -0.4 is 20.7 Å². The Morgan fingerprint density at radius 3 is 2.33 bits per heavy atom. The first-order valence-electron chi connectivity index (χ1n) is 13.0. The van der Waals surface area contributed by atoms with Crippen LogP contribution in [0.3, 0.4) is 0 Å². The molecule has 11 heteroatoms. The Morgan fingerprint density at radius 2 is 1.67 bits per heavy atom. The lowest BCUT2D eigenvalue weighted by molar-refractivity contribution is -0.115. The molecule has 0 atom stereocenters. The summed E-state index contributed by atoms with van der Waals surface area (Å²) in [6.07, 6.45) is 0.605. The minimum atomic E-state index is -3.91. The van der Waals surface area contributed by atoms with E-state index in [2.05, 4.69) is 10.6 Å². The van der Waals surface area contributed by atoms with Crippen LogP contribution in [0, 0.1) is 11.2 Å². The average Bonchev–Trinajstić information content (AvgIpc) is 2.98. The molecule has 0 aliphatic heterocycles. The van der Waals surface area contributed by atoms with E-state index in [1.54, 1.807) is 72.8 Å². The van der Waals surface area contributed by atoms with E-state index in [4.69, 9.17) is 22.8 Å². The van der Waals surface area contributed by atoms with E-state index < -0.39 is 10.0 Å². The van der Waals surface area contributed by atoms with E-state index in [1.165, 1.54) is 18.2 Å². The second-order valence-corrected chi connectivity index (χ2v) is 11.5. The largest absolute Gasteiger partial charge is 0.358 e. The molecule has 0 unspecified atom stereocenters. The highest BCUT2D eigenvalue weighted by molar-refractivity contribution is 7.89. The number of benzene rings is 4. The highest BCUT2D eigenvalue weighted by Gasteiger charge is 2.17. The van der Waals surface area contributed by atoms with Gasteiger partial charge in [-0.3, -0.25) is 10.2 Å². The molecule has 5 N–H and O–H groups in total. The molecule has 0 saturated carbocycles. The minimum absolute atomic E-state index is 0.0141. The van der Waals surface area contributed by atoms with Gasteiger partial charge in [-0.15, -0.1) is 0 Å². The van der Waals surface area contributed by atoms with Crippen molar-refractivity contribution in [3.63, 3.8) is 0 Å². The van der Waals surface area contributed by atoms with Gasteiger partial charge in [0.05, 0.1) is 16.4 Å². The number of anilines is 2. The second-order valence-electron chi connectivity index (χ2n) is 9.48. The number of amides is 1. The maximum Gasteiger partial charge on any atom is 0.243 e. The number of carbonyl (C=O) groups excluding carboxylic acids is 1. The zero-order valence-electron chi connectivity index (χ0n) is 22.8. The van der Waals surface area contributed by atoms with Gasteiger partial charge in [0.2, 0.25) is 15.9 Å². The number of nitrogens with two attached hydrogens (primary N) is 1. The minimum Gasteiger partial charge on any atom is -0.358 e. The van der Waals surface area contributed by atoms with Gasteiger partial charge in [0, 0.05) is 29.0 Å². The summed E-state index contributed by atoms with van der Waals surface area (Å²) in [5.41, 5.74) is 3.70. The zero-order valence-corrected chi connectivity index (χ0v) is 24.4. The molecule has 0 aliphatic carbocycles. The number of amidine groups is 1. The molecule has 1 amide bonds. The number of hydrogen-bond acceptors (Lipinski definition) is 6. The van der Waals surface area contributed by atoms with Crippen molar-refractivity contribution >= 4 is 50.3 Å². The van der Waals surface area contributed by atoms with Gasteiger partial charge in [0.25, 0.3) is 0 Å². The van der Waals surface area contributed by atoms with Crippen molar-refractivity contribution in [2.75, 3.05) is 16.8 Å². The van der Waals surface area contributed by atoms with Crippen molar-refractivity contribution in [1.82, 2.24) is 5.32 Å². The van der Waals surface area contributed by atoms with E-state index in [0.29, 0.717) is 46.0 Å². The normalized spacial score (nSPS) is 11.0. The Bertz CT molecular complexity index is 1710. The van der Waals surface area contributed by atoms with Gasteiger partial charge in [-0.1, -0.05) is 73.7 Å². The number of nitrogens with one attached hydrogen (secondary N) is 3. The molecule has 4 aromatic rings. The summed E-state index contributed by atoms with van der Waals surface area (Å²) in [5, 5.41) is 19.5. The zero-order chi connectivity index (χ0) is 30.3. The van der Waals surface area contributed by atoms with E-state index in [-0.39, 0.29) is 29.0 Å². The van der Waals surface area contributed by atoms with Gasteiger partial charge in [-0.25, -0.2) is 17.9 Å². The Labute approximate surface area is 249 Å². The molecular formula is C31H30FN5O3S2.